The van der Waals surface area contributed by atoms with Crippen LogP contribution in [0.5, 0.6) is 0 Å². The lowest BCUT2D eigenvalue weighted by atomic mass is 10.0. The number of carbonyl (C=O) groups excluding carboxylic acids is 1. The maximum absolute atomic E-state index is 12.2. The number of alkyl halides is 1. The highest BCUT2D eigenvalue weighted by molar-refractivity contribution is 6.41. The molecule has 0 bridgehead atoms. The van der Waals surface area contributed by atoms with E-state index in [4.69, 9.17) is 51.1 Å². The average molecular weight is 428 g/mol. The Labute approximate surface area is 168 Å². The lowest BCUT2D eigenvalue weighted by Gasteiger charge is -2.18. The van der Waals surface area contributed by atoms with Gasteiger partial charge in [0.05, 0.1) is 16.7 Å². The first-order valence-corrected chi connectivity index (χ1v) is 9.47. The van der Waals surface area contributed by atoms with Crippen molar-refractivity contribution < 1.29 is 9.53 Å². The van der Waals surface area contributed by atoms with E-state index in [-0.39, 0.29) is 28.3 Å². The van der Waals surface area contributed by atoms with Gasteiger partial charge in [0.1, 0.15) is 5.69 Å². The van der Waals surface area contributed by atoms with Gasteiger partial charge in [-0.1, -0.05) is 73.6 Å². The summed E-state index contributed by atoms with van der Waals surface area (Å²) in [7, 11) is 0. The van der Waals surface area contributed by atoms with Crippen molar-refractivity contribution in [3.05, 3.63) is 27.2 Å². The van der Waals surface area contributed by atoms with E-state index in [0.717, 1.165) is 12.8 Å². The van der Waals surface area contributed by atoms with Crippen molar-refractivity contribution in [1.82, 2.24) is 0 Å². The summed E-state index contributed by atoms with van der Waals surface area (Å²) in [5.41, 5.74) is 0.192. The van der Waals surface area contributed by atoms with E-state index >= 15 is 0 Å². The van der Waals surface area contributed by atoms with Crippen molar-refractivity contribution in [2.75, 3.05) is 6.61 Å². The molecule has 0 heterocycles. The predicted octanol–water partition coefficient (Wildman–Crippen LogP) is 7.30. The van der Waals surface area contributed by atoms with Crippen LogP contribution in [0.15, 0.2) is 22.4 Å². The van der Waals surface area contributed by atoms with Gasteiger partial charge in [-0.15, -0.1) is 0 Å². The van der Waals surface area contributed by atoms with Crippen LogP contribution in [0.25, 0.3) is 0 Å². The topological polar surface area (TPSA) is 51.0 Å². The molecule has 0 aliphatic carbocycles. The van der Waals surface area contributed by atoms with E-state index in [9.17, 15) is 4.79 Å². The van der Waals surface area contributed by atoms with Crippen LogP contribution in [0.1, 0.15) is 40.5 Å². The molecule has 4 nitrogen and oxygen atoms in total. The number of esters is 1. The number of benzene rings is 1. The Morgan fingerprint density at radius 2 is 1.72 bits per heavy atom. The van der Waals surface area contributed by atoms with Gasteiger partial charge in [0.15, 0.2) is 0 Å². The highest BCUT2D eigenvalue weighted by Gasteiger charge is 2.33. The summed E-state index contributed by atoms with van der Waals surface area (Å²) in [6.45, 7) is 8.02. The SMILES string of the molecule is CC(C)CCC(C)COC(=O)C(C)(Cl)N=Nc1c(Cl)cc(Cl)cc1Cl. The summed E-state index contributed by atoms with van der Waals surface area (Å²) < 4.78 is 5.26. The maximum atomic E-state index is 12.2. The molecule has 0 N–H and O–H groups in total. The fourth-order valence-electron chi connectivity index (χ4n) is 1.87. The highest BCUT2D eigenvalue weighted by Crippen LogP contribution is 2.37. The Morgan fingerprint density at radius 3 is 2.24 bits per heavy atom. The number of hydrogen-bond donors (Lipinski definition) is 0. The molecule has 1 aromatic carbocycles. The minimum Gasteiger partial charge on any atom is -0.463 e. The Bertz CT molecular complexity index is 610. The maximum Gasteiger partial charge on any atom is 0.351 e. The van der Waals surface area contributed by atoms with Crippen LogP contribution >= 0.6 is 46.4 Å². The first kappa shape index (κ1) is 22.5. The van der Waals surface area contributed by atoms with E-state index in [2.05, 4.69) is 24.1 Å². The minimum atomic E-state index is -1.66. The second-order valence-electron chi connectivity index (χ2n) is 6.55. The monoisotopic (exact) mass is 426 g/mol. The number of hydrogen-bond acceptors (Lipinski definition) is 4. The summed E-state index contributed by atoms with van der Waals surface area (Å²) in [5, 5.41) is 8.53. The van der Waals surface area contributed by atoms with Crippen molar-refractivity contribution in [3.8, 4) is 0 Å². The van der Waals surface area contributed by atoms with Gasteiger partial charge in [0.2, 0.25) is 5.00 Å². The van der Waals surface area contributed by atoms with Gasteiger partial charge in [-0.2, -0.15) is 10.2 Å². The molecule has 0 radical (unpaired) electrons. The molecule has 8 heteroatoms. The molecule has 140 valence electrons. The predicted molar refractivity (Wildman–Crippen MR) is 104 cm³/mol. The van der Waals surface area contributed by atoms with Gasteiger partial charge in [0.25, 0.3) is 0 Å². The number of nitrogens with zero attached hydrogens (tertiary/aromatic N) is 2. The van der Waals surface area contributed by atoms with Crippen LogP contribution in [0, 0.1) is 11.8 Å². The van der Waals surface area contributed by atoms with Crippen LogP contribution in [0.3, 0.4) is 0 Å². The second-order valence-corrected chi connectivity index (χ2v) is 8.53. The highest BCUT2D eigenvalue weighted by atomic mass is 35.5. The molecule has 0 saturated heterocycles. The molecule has 0 amide bonds. The molecule has 2 unspecified atom stereocenters. The van der Waals surface area contributed by atoms with Gasteiger partial charge in [-0.25, -0.2) is 4.79 Å². The molecular weight excluding hydrogens is 406 g/mol. The van der Waals surface area contributed by atoms with Crippen molar-refractivity contribution in [1.29, 1.82) is 0 Å². The fourth-order valence-corrected chi connectivity index (χ4v) is 2.85. The number of azo groups is 1. The Morgan fingerprint density at radius 1 is 1.16 bits per heavy atom. The number of carbonyl (C=O) groups is 1. The van der Waals surface area contributed by atoms with Gasteiger partial charge < -0.3 is 4.74 Å². The van der Waals surface area contributed by atoms with Crippen molar-refractivity contribution in [2.24, 2.45) is 22.1 Å². The summed E-state index contributed by atoms with van der Waals surface area (Å²) in [6.07, 6.45) is 2.05. The first-order chi connectivity index (χ1) is 11.5. The van der Waals surface area contributed by atoms with Gasteiger partial charge in [-0.3, -0.25) is 0 Å². The number of halogens is 4. The van der Waals surface area contributed by atoms with Crippen molar-refractivity contribution in [3.63, 3.8) is 0 Å². The third kappa shape index (κ3) is 7.69. The molecule has 1 rings (SSSR count). The summed E-state index contributed by atoms with van der Waals surface area (Å²) >= 11 is 24.0. The van der Waals surface area contributed by atoms with E-state index in [1.54, 1.807) is 0 Å². The molecule has 0 saturated carbocycles. The van der Waals surface area contributed by atoms with Gasteiger partial charge >= 0.3 is 5.97 Å². The molecule has 25 heavy (non-hydrogen) atoms. The lowest BCUT2D eigenvalue weighted by Crippen LogP contribution is -2.30. The zero-order valence-corrected chi connectivity index (χ0v) is 17.7. The molecule has 0 spiro atoms. The standard InChI is InChI=1S/C17H22Cl4N2O2/c1-10(2)5-6-11(3)9-25-16(24)17(4,21)23-22-15-13(19)7-12(18)8-14(15)20/h7-8,10-11H,5-6,9H2,1-4H3. The summed E-state index contributed by atoms with van der Waals surface area (Å²) in [4.78, 5) is 10.5. The lowest BCUT2D eigenvalue weighted by molar-refractivity contribution is -0.147. The fraction of sp³-hybridized carbons (Fsp3) is 0.588. The van der Waals surface area contributed by atoms with Crippen LogP contribution in [0.2, 0.25) is 15.1 Å². The van der Waals surface area contributed by atoms with Gasteiger partial charge in [-0.05, 0) is 37.3 Å². The largest absolute Gasteiger partial charge is 0.463 e. The van der Waals surface area contributed by atoms with E-state index in [1.807, 2.05) is 6.92 Å². The quantitative estimate of drug-likeness (QED) is 0.189. The smallest absolute Gasteiger partial charge is 0.351 e. The molecule has 0 aliphatic rings. The third-order valence-electron chi connectivity index (χ3n) is 3.43. The first-order valence-electron chi connectivity index (χ1n) is 7.96. The van der Waals surface area contributed by atoms with E-state index in [0.29, 0.717) is 10.9 Å². The zero-order valence-electron chi connectivity index (χ0n) is 14.7. The van der Waals surface area contributed by atoms with Crippen molar-refractivity contribution in [2.45, 2.75) is 45.5 Å². The summed E-state index contributed by atoms with van der Waals surface area (Å²) in [5.74, 6) is 0.186. The molecule has 1 aromatic rings. The van der Waals surface area contributed by atoms with Gasteiger partial charge in [0, 0.05) is 5.02 Å². The summed E-state index contributed by atoms with van der Waals surface area (Å²) in [6, 6.07) is 2.95. The van der Waals surface area contributed by atoms with Crippen LogP contribution in [-0.4, -0.2) is 17.6 Å². The zero-order chi connectivity index (χ0) is 19.2. The molecule has 0 aliphatic heterocycles. The molecule has 0 fully saturated rings. The Balaban J connectivity index is 2.69. The number of ether oxygens (including phenoxy) is 1. The minimum absolute atomic E-state index is 0.192. The van der Waals surface area contributed by atoms with Crippen molar-refractivity contribution >= 4 is 58.1 Å². The average Bonchev–Trinajstić information content (AvgIpc) is 2.49. The molecular formula is C17H22Cl4N2O2. The molecule has 0 aromatic heterocycles. The normalized spacial score (nSPS) is 15.4. The van der Waals surface area contributed by atoms with Crippen LogP contribution in [0.4, 0.5) is 5.69 Å². The number of rotatable bonds is 8. The van der Waals surface area contributed by atoms with Crippen LogP contribution < -0.4 is 0 Å². The third-order valence-corrected chi connectivity index (χ3v) is 4.45. The Kier molecular flexibility index (Phi) is 8.96. The van der Waals surface area contributed by atoms with E-state index in [1.165, 1.54) is 19.1 Å². The van der Waals surface area contributed by atoms with E-state index < -0.39 is 11.0 Å². The molecule has 2 atom stereocenters. The Hall–Kier alpha value is -0.550. The second kappa shape index (κ2) is 9.96. The van der Waals surface area contributed by atoms with Crippen LogP contribution in [-0.2, 0) is 9.53 Å².